The van der Waals surface area contributed by atoms with Crippen LogP contribution in [0, 0.1) is 11.6 Å². The summed E-state index contributed by atoms with van der Waals surface area (Å²) in [6.45, 7) is 0.0651. The third kappa shape index (κ3) is 4.32. The Bertz CT molecular complexity index is 695. The van der Waals surface area contributed by atoms with Gasteiger partial charge in [0.25, 0.3) is 0 Å². The Morgan fingerprint density at radius 2 is 1.91 bits per heavy atom. The minimum absolute atomic E-state index is 0.0157. The van der Waals surface area contributed by atoms with E-state index in [1.807, 2.05) is 0 Å². The summed E-state index contributed by atoms with van der Waals surface area (Å²) in [6.07, 6.45) is 0.0157. The summed E-state index contributed by atoms with van der Waals surface area (Å²) < 4.78 is 31.1. The highest BCUT2D eigenvalue weighted by Gasteiger charge is 2.08. The van der Waals surface area contributed by atoms with E-state index in [0.717, 1.165) is 12.1 Å². The molecule has 0 aliphatic carbocycles. The first-order chi connectivity index (χ1) is 10.5. The average Bonchev–Trinajstić information content (AvgIpc) is 2.47. The Kier molecular flexibility index (Phi) is 5.57. The SMILES string of the molecule is O=C(CCOc1cccc(Cl)c1Cl)Nc1ccc(F)c(F)c1. The van der Waals surface area contributed by atoms with Gasteiger partial charge in [0.1, 0.15) is 10.8 Å². The van der Waals surface area contributed by atoms with Gasteiger partial charge in [-0.05, 0) is 24.3 Å². The van der Waals surface area contributed by atoms with Crippen molar-refractivity contribution in [1.82, 2.24) is 0 Å². The summed E-state index contributed by atoms with van der Waals surface area (Å²) in [4.78, 5) is 11.7. The summed E-state index contributed by atoms with van der Waals surface area (Å²) >= 11 is 11.8. The van der Waals surface area contributed by atoms with Gasteiger partial charge in [-0.3, -0.25) is 4.79 Å². The molecule has 2 aromatic rings. The van der Waals surface area contributed by atoms with Crippen LogP contribution in [0.3, 0.4) is 0 Å². The van der Waals surface area contributed by atoms with Crippen LogP contribution in [0.15, 0.2) is 36.4 Å². The molecule has 0 atom stereocenters. The predicted octanol–water partition coefficient (Wildman–Crippen LogP) is 4.68. The molecular weight excluding hydrogens is 335 g/mol. The van der Waals surface area contributed by atoms with E-state index in [2.05, 4.69) is 5.32 Å². The Labute approximate surface area is 135 Å². The van der Waals surface area contributed by atoms with Crippen LogP contribution in [-0.2, 0) is 4.79 Å². The lowest BCUT2D eigenvalue weighted by Crippen LogP contribution is -2.15. The number of hydrogen-bond acceptors (Lipinski definition) is 2. The fourth-order valence-corrected chi connectivity index (χ4v) is 1.99. The molecular formula is C15H11Cl2F2NO2. The molecule has 0 radical (unpaired) electrons. The Morgan fingerprint density at radius 1 is 1.14 bits per heavy atom. The van der Waals surface area contributed by atoms with Crippen molar-refractivity contribution < 1.29 is 18.3 Å². The zero-order valence-electron chi connectivity index (χ0n) is 11.2. The molecule has 22 heavy (non-hydrogen) atoms. The number of nitrogens with one attached hydrogen (secondary N) is 1. The van der Waals surface area contributed by atoms with Crippen LogP contribution in [0.4, 0.5) is 14.5 Å². The molecule has 0 aliphatic rings. The van der Waals surface area contributed by atoms with Gasteiger partial charge in [0, 0.05) is 11.8 Å². The van der Waals surface area contributed by atoms with Crippen LogP contribution in [0.25, 0.3) is 0 Å². The first-order valence-electron chi connectivity index (χ1n) is 6.29. The molecule has 0 fully saturated rings. The van der Waals surface area contributed by atoms with Crippen molar-refractivity contribution in [2.45, 2.75) is 6.42 Å². The monoisotopic (exact) mass is 345 g/mol. The van der Waals surface area contributed by atoms with E-state index in [0.29, 0.717) is 10.8 Å². The van der Waals surface area contributed by atoms with E-state index in [-0.39, 0.29) is 23.7 Å². The lowest BCUT2D eigenvalue weighted by molar-refractivity contribution is -0.116. The molecule has 0 aromatic heterocycles. The molecule has 1 amide bonds. The van der Waals surface area contributed by atoms with Crippen LogP contribution in [-0.4, -0.2) is 12.5 Å². The minimum Gasteiger partial charge on any atom is -0.491 e. The summed E-state index contributed by atoms with van der Waals surface area (Å²) in [5, 5.41) is 3.06. The van der Waals surface area contributed by atoms with E-state index in [1.54, 1.807) is 18.2 Å². The lowest BCUT2D eigenvalue weighted by Gasteiger charge is -2.09. The van der Waals surface area contributed by atoms with E-state index in [4.69, 9.17) is 27.9 Å². The van der Waals surface area contributed by atoms with Crippen LogP contribution >= 0.6 is 23.2 Å². The van der Waals surface area contributed by atoms with Crippen molar-refractivity contribution in [3.8, 4) is 5.75 Å². The third-order valence-electron chi connectivity index (χ3n) is 2.71. The third-order valence-corrected chi connectivity index (χ3v) is 3.51. The standard InChI is InChI=1S/C15H11Cl2F2NO2/c16-10-2-1-3-13(15(10)17)22-7-6-14(21)20-9-4-5-11(18)12(19)8-9/h1-5,8H,6-7H2,(H,20,21). The maximum atomic E-state index is 13.0. The van der Waals surface area contributed by atoms with E-state index >= 15 is 0 Å². The smallest absolute Gasteiger partial charge is 0.227 e. The van der Waals surface area contributed by atoms with E-state index in [1.165, 1.54) is 6.07 Å². The summed E-state index contributed by atoms with van der Waals surface area (Å²) in [5.74, 6) is -2.03. The highest BCUT2D eigenvalue weighted by molar-refractivity contribution is 6.42. The molecule has 116 valence electrons. The maximum Gasteiger partial charge on any atom is 0.227 e. The van der Waals surface area contributed by atoms with Crippen molar-refractivity contribution in [2.75, 3.05) is 11.9 Å². The number of ether oxygens (including phenoxy) is 1. The Morgan fingerprint density at radius 3 is 2.64 bits per heavy atom. The van der Waals surface area contributed by atoms with Crippen molar-refractivity contribution in [2.24, 2.45) is 0 Å². The van der Waals surface area contributed by atoms with Crippen LogP contribution in [0.5, 0.6) is 5.75 Å². The van der Waals surface area contributed by atoms with Gasteiger partial charge in [-0.15, -0.1) is 0 Å². The highest BCUT2D eigenvalue weighted by Crippen LogP contribution is 2.31. The van der Waals surface area contributed by atoms with Gasteiger partial charge in [0.05, 0.1) is 18.1 Å². The number of carbonyl (C=O) groups excluding carboxylic acids is 1. The number of halogens is 4. The summed E-state index contributed by atoms with van der Waals surface area (Å²) in [6, 6.07) is 8.03. The first-order valence-corrected chi connectivity index (χ1v) is 7.04. The minimum atomic E-state index is -1.03. The number of amides is 1. The molecule has 0 aliphatic heterocycles. The zero-order chi connectivity index (χ0) is 16.1. The van der Waals surface area contributed by atoms with Gasteiger partial charge in [0.15, 0.2) is 11.6 Å². The number of carbonyl (C=O) groups is 1. The van der Waals surface area contributed by atoms with Crippen LogP contribution < -0.4 is 10.1 Å². The van der Waals surface area contributed by atoms with Gasteiger partial charge >= 0.3 is 0 Å². The second kappa shape index (κ2) is 7.42. The van der Waals surface area contributed by atoms with Crippen molar-refractivity contribution in [1.29, 1.82) is 0 Å². The predicted molar refractivity (Wildman–Crippen MR) is 81.6 cm³/mol. The van der Waals surface area contributed by atoms with Gasteiger partial charge in [-0.2, -0.15) is 0 Å². The lowest BCUT2D eigenvalue weighted by atomic mass is 10.3. The number of hydrogen-bond donors (Lipinski definition) is 1. The molecule has 2 rings (SSSR count). The second-order valence-corrected chi connectivity index (χ2v) is 5.11. The molecule has 3 nitrogen and oxygen atoms in total. The normalized spacial score (nSPS) is 10.4. The van der Waals surface area contributed by atoms with Gasteiger partial charge in [-0.1, -0.05) is 29.3 Å². The fraction of sp³-hybridized carbons (Fsp3) is 0.133. The van der Waals surface area contributed by atoms with Crippen molar-refractivity contribution in [3.63, 3.8) is 0 Å². The molecule has 1 N–H and O–H groups in total. The quantitative estimate of drug-likeness (QED) is 0.854. The van der Waals surface area contributed by atoms with Gasteiger partial charge in [-0.25, -0.2) is 8.78 Å². The Hall–Kier alpha value is -1.85. The zero-order valence-corrected chi connectivity index (χ0v) is 12.7. The summed E-state index contributed by atoms with van der Waals surface area (Å²) in [5.41, 5.74) is 0.171. The van der Waals surface area contributed by atoms with Crippen LogP contribution in [0.2, 0.25) is 10.0 Å². The largest absolute Gasteiger partial charge is 0.491 e. The van der Waals surface area contributed by atoms with Crippen LogP contribution in [0.1, 0.15) is 6.42 Å². The number of rotatable bonds is 5. The first kappa shape index (κ1) is 16.5. The average molecular weight is 346 g/mol. The van der Waals surface area contributed by atoms with E-state index in [9.17, 15) is 13.6 Å². The molecule has 0 unspecified atom stereocenters. The van der Waals surface area contributed by atoms with Gasteiger partial charge < -0.3 is 10.1 Å². The fourth-order valence-electron chi connectivity index (χ4n) is 1.65. The van der Waals surface area contributed by atoms with Crippen molar-refractivity contribution in [3.05, 3.63) is 58.1 Å². The molecule has 2 aromatic carbocycles. The molecule has 7 heteroatoms. The number of anilines is 1. The van der Waals surface area contributed by atoms with Crippen molar-refractivity contribution >= 4 is 34.8 Å². The Balaban J connectivity index is 1.85. The number of benzene rings is 2. The maximum absolute atomic E-state index is 13.0. The molecule has 0 saturated heterocycles. The molecule has 0 heterocycles. The topological polar surface area (TPSA) is 38.3 Å². The molecule has 0 bridgehead atoms. The molecule has 0 saturated carbocycles. The second-order valence-electron chi connectivity index (χ2n) is 4.33. The van der Waals surface area contributed by atoms with E-state index < -0.39 is 17.5 Å². The summed E-state index contributed by atoms with van der Waals surface area (Å²) in [7, 11) is 0. The highest BCUT2D eigenvalue weighted by atomic mass is 35.5. The van der Waals surface area contributed by atoms with Gasteiger partial charge in [0.2, 0.25) is 5.91 Å². The molecule has 0 spiro atoms.